The molecule has 0 atom stereocenters. The van der Waals surface area contributed by atoms with Crippen LogP contribution in [0.4, 0.5) is 5.69 Å². The van der Waals surface area contributed by atoms with Crippen molar-refractivity contribution in [1.82, 2.24) is 5.43 Å². The molecule has 20 heavy (non-hydrogen) atoms. The smallest absolute Gasteiger partial charge is 0.267 e. The topological polar surface area (TPSA) is 84.6 Å². The highest BCUT2D eigenvalue weighted by molar-refractivity contribution is 9.10. The molecule has 0 saturated carbocycles. The second-order valence-electron chi connectivity index (χ2n) is 3.63. The molecule has 1 amide bonds. The minimum absolute atomic E-state index is 0.0309. The fourth-order valence-corrected chi connectivity index (χ4v) is 2.36. The van der Waals surface area contributed by atoms with Gasteiger partial charge in [-0.25, -0.2) is 5.43 Å². The molecule has 8 heteroatoms. The highest BCUT2D eigenvalue weighted by atomic mass is 79.9. The van der Waals surface area contributed by atoms with Crippen LogP contribution < -0.4 is 5.43 Å². The third kappa shape index (κ3) is 3.49. The van der Waals surface area contributed by atoms with E-state index in [4.69, 9.17) is 0 Å². The van der Waals surface area contributed by atoms with Crippen LogP contribution in [0.15, 0.2) is 45.3 Å². The fourth-order valence-electron chi connectivity index (χ4n) is 1.38. The number of carbonyl (C=O) groups excluding carboxylic acids is 1. The van der Waals surface area contributed by atoms with Crippen LogP contribution in [0.2, 0.25) is 0 Å². The van der Waals surface area contributed by atoms with Gasteiger partial charge in [-0.1, -0.05) is 15.9 Å². The number of rotatable bonds is 4. The van der Waals surface area contributed by atoms with Crippen molar-refractivity contribution in [2.75, 3.05) is 0 Å². The summed E-state index contributed by atoms with van der Waals surface area (Å²) in [5.74, 6) is -0.382. The van der Waals surface area contributed by atoms with Crippen LogP contribution in [0.1, 0.15) is 15.2 Å². The summed E-state index contributed by atoms with van der Waals surface area (Å²) in [6, 6.07) is 8.15. The van der Waals surface area contributed by atoms with Gasteiger partial charge in [-0.3, -0.25) is 14.9 Å². The summed E-state index contributed by atoms with van der Waals surface area (Å²) in [5, 5.41) is 16.0. The molecule has 2 rings (SSSR count). The average Bonchev–Trinajstić information content (AvgIpc) is 2.88. The number of hydrogen-bond donors (Lipinski definition) is 1. The number of hydrogen-bond acceptors (Lipinski definition) is 5. The fraction of sp³-hybridized carbons (Fsp3) is 0. The Labute approximate surface area is 126 Å². The molecule has 0 spiro atoms. The Morgan fingerprint density at radius 1 is 1.35 bits per heavy atom. The first-order valence-corrected chi connectivity index (χ1v) is 7.06. The summed E-state index contributed by atoms with van der Waals surface area (Å²) in [4.78, 5) is 22.3. The van der Waals surface area contributed by atoms with Crippen molar-refractivity contribution < 1.29 is 9.72 Å². The van der Waals surface area contributed by atoms with Crippen LogP contribution in [-0.4, -0.2) is 17.0 Å². The van der Waals surface area contributed by atoms with Crippen molar-refractivity contribution in [3.8, 4) is 0 Å². The number of carbonyl (C=O) groups is 1. The molecule has 102 valence electrons. The number of nitro groups is 1. The molecular formula is C12H8BrN3O3S. The van der Waals surface area contributed by atoms with Gasteiger partial charge >= 0.3 is 0 Å². The average molecular weight is 354 g/mol. The number of nitrogens with one attached hydrogen (secondary N) is 1. The van der Waals surface area contributed by atoms with Gasteiger partial charge < -0.3 is 0 Å². The van der Waals surface area contributed by atoms with Crippen molar-refractivity contribution in [2.45, 2.75) is 0 Å². The van der Waals surface area contributed by atoms with Gasteiger partial charge in [0.1, 0.15) is 4.88 Å². The van der Waals surface area contributed by atoms with Gasteiger partial charge in [-0.2, -0.15) is 5.10 Å². The Hall–Kier alpha value is -2.06. The lowest BCUT2D eigenvalue weighted by Gasteiger charge is -1.99. The number of nitrogens with zero attached hydrogens (tertiary/aromatic N) is 2. The third-order valence-electron chi connectivity index (χ3n) is 2.32. The maximum absolute atomic E-state index is 11.7. The molecule has 1 heterocycles. The van der Waals surface area contributed by atoms with Crippen LogP contribution in [0.25, 0.3) is 0 Å². The van der Waals surface area contributed by atoms with E-state index in [2.05, 4.69) is 26.5 Å². The predicted molar refractivity (Wildman–Crippen MR) is 80.2 cm³/mol. The Bertz CT molecular complexity index is 667. The summed E-state index contributed by atoms with van der Waals surface area (Å²) in [5.41, 5.74) is 2.74. The van der Waals surface area contributed by atoms with E-state index in [-0.39, 0.29) is 11.6 Å². The molecule has 0 saturated heterocycles. The highest BCUT2D eigenvalue weighted by Crippen LogP contribution is 2.22. The first-order chi connectivity index (χ1) is 9.58. The lowest BCUT2D eigenvalue weighted by molar-refractivity contribution is -0.384. The van der Waals surface area contributed by atoms with Crippen LogP contribution in [-0.2, 0) is 0 Å². The molecule has 0 fully saturated rings. The zero-order valence-corrected chi connectivity index (χ0v) is 12.3. The Kier molecular flexibility index (Phi) is 4.59. The largest absolute Gasteiger partial charge is 0.288 e. The number of amides is 1. The van der Waals surface area contributed by atoms with Crippen LogP contribution in [0, 0.1) is 10.1 Å². The molecular weight excluding hydrogens is 346 g/mol. The molecule has 1 N–H and O–H groups in total. The normalized spacial score (nSPS) is 10.7. The van der Waals surface area contributed by atoms with Gasteiger partial charge in [0.05, 0.1) is 11.1 Å². The summed E-state index contributed by atoms with van der Waals surface area (Å²) in [6.07, 6.45) is 1.26. The van der Waals surface area contributed by atoms with E-state index in [0.717, 1.165) is 4.47 Å². The maximum atomic E-state index is 11.7. The van der Waals surface area contributed by atoms with Crippen molar-refractivity contribution >= 4 is 45.1 Å². The van der Waals surface area contributed by atoms with E-state index in [0.29, 0.717) is 10.4 Å². The Balaban J connectivity index is 2.03. The standard InChI is InChI=1S/C12H8BrN3O3S/c13-9-3-1-8(2-4-9)12(17)15-14-7-11-10(16(18)19)5-6-20-11/h1-7H,(H,15,17)/b14-7+. The molecule has 2 aromatic rings. The van der Waals surface area contributed by atoms with Crippen molar-refractivity contribution in [1.29, 1.82) is 0 Å². The zero-order valence-electron chi connectivity index (χ0n) is 9.95. The minimum Gasteiger partial charge on any atom is -0.267 e. The third-order valence-corrected chi connectivity index (χ3v) is 3.69. The quantitative estimate of drug-likeness (QED) is 0.520. The number of hydrazone groups is 1. The molecule has 1 aromatic heterocycles. The SMILES string of the molecule is O=C(N/N=C/c1sccc1[N+](=O)[O-])c1ccc(Br)cc1. The van der Waals surface area contributed by atoms with Gasteiger partial charge in [0.2, 0.25) is 0 Å². The second kappa shape index (κ2) is 6.40. The van der Waals surface area contributed by atoms with Crippen molar-refractivity contribution in [3.05, 3.63) is 60.7 Å². The Morgan fingerprint density at radius 2 is 2.05 bits per heavy atom. The molecule has 0 radical (unpaired) electrons. The van der Waals surface area contributed by atoms with Gasteiger partial charge in [0, 0.05) is 16.1 Å². The summed E-state index contributed by atoms with van der Waals surface area (Å²) in [6.45, 7) is 0. The molecule has 0 bridgehead atoms. The molecule has 0 aliphatic carbocycles. The predicted octanol–water partition coefficient (Wildman–Crippen LogP) is 3.18. The molecule has 0 unspecified atom stereocenters. The summed E-state index contributed by atoms with van der Waals surface area (Å²) in [7, 11) is 0. The van der Waals surface area contributed by atoms with Gasteiger partial charge in [0.25, 0.3) is 11.6 Å². The summed E-state index contributed by atoms with van der Waals surface area (Å²) >= 11 is 4.45. The van der Waals surface area contributed by atoms with E-state index in [1.807, 2.05) is 0 Å². The van der Waals surface area contributed by atoms with Crippen LogP contribution >= 0.6 is 27.3 Å². The minimum atomic E-state index is -0.492. The second-order valence-corrected chi connectivity index (χ2v) is 5.50. The summed E-state index contributed by atoms with van der Waals surface area (Å²) < 4.78 is 0.867. The van der Waals surface area contributed by atoms with E-state index in [9.17, 15) is 14.9 Å². The first-order valence-electron chi connectivity index (χ1n) is 5.39. The van der Waals surface area contributed by atoms with E-state index >= 15 is 0 Å². The lowest BCUT2D eigenvalue weighted by Crippen LogP contribution is -2.17. The van der Waals surface area contributed by atoms with E-state index in [1.165, 1.54) is 23.6 Å². The van der Waals surface area contributed by atoms with Gasteiger partial charge in [-0.15, -0.1) is 11.3 Å². The monoisotopic (exact) mass is 353 g/mol. The Morgan fingerprint density at radius 3 is 2.70 bits per heavy atom. The molecule has 1 aromatic carbocycles. The lowest BCUT2D eigenvalue weighted by atomic mass is 10.2. The first kappa shape index (κ1) is 14.4. The number of thiophene rings is 1. The number of benzene rings is 1. The maximum Gasteiger partial charge on any atom is 0.288 e. The van der Waals surface area contributed by atoms with E-state index < -0.39 is 4.92 Å². The molecule has 0 aliphatic heterocycles. The van der Waals surface area contributed by atoms with Crippen LogP contribution in [0.5, 0.6) is 0 Å². The van der Waals surface area contributed by atoms with E-state index in [1.54, 1.807) is 29.6 Å². The van der Waals surface area contributed by atoms with Crippen LogP contribution in [0.3, 0.4) is 0 Å². The van der Waals surface area contributed by atoms with Gasteiger partial charge in [-0.05, 0) is 29.6 Å². The van der Waals surface area contributed by atoms with Crippen molar-refractivity contribution in [3.63, 3.8) is 0 Å². The number of halogens is 1. The van der Waals surface area contributed by atoms with Crippen molar-refractivity contribution in [2.24, 2.45) is 5.10 Å². The van der Waals surface area contributed by atoms with Gasteiger partial charge in [0.15, 0.2) is 0 Å². The molecule has 0 aliphatic rings. The zero-order chi connectivity index (χ0) is 14.5. The molecule has 6 nitrogen and oxygen atoms in total. The highest BCUT2D eigenvalue weighted by Gasteiger charge is 2.12.